The van der Waals surface area contributed by atoms with E-state index < -0.39 is 23.6 Å². The van der Waals surface area contributed by atoms with E-state index in [-0.39, 0.29) is 0 Å². The first kappa shape index (κ1) is 26.9. The molecule has 8 nitrogen and oxygen atoms in total. The molecule has 192 valence electrons. The van der Waals surface area contributed by atoms with Crippen molar-refractivity contribution >= 4 is 23.6 Å². The molecule has 2 aliphatic carbocycles. The van der Waals surface area contributed by atoms with Crippen molar-refractivity contribution in [2.75, 3.05) is 0 Å². The van der Waals surface area contributed by atoms with Crippen molar-refractivity contribution in [3.05, 3.63) is 68.8 Å². The van der Waals surface area contributed by atoms with Gasteiger partial charge in [-0.15, -0.1) is 0 Å². The minimum Gasteiger partial charge on any atom is -0.366 e. The average molecular weight is 493 g/mol. The molecule has 36 heavy (non-hydrogen) atoms. The minimum absolute atomic E-state index is 0.428. The topological polar surface area (TPSA) is 172 Å². The minimum atomic E-state index is -0.488. The molecule has 0 atom stereocenters. The Kier molecular flexibility index (Phi) is 9.22. The van der Waals surface area contributed by atoms with Crippen LogP contribution >= 0.6 is 0 Å². The van der Waals surface area contributed by atoms with E-state index in [2.05, 4.69) is 0 Å². The summed E-state index contributed by atoms with van der Waals surface area (Å²) >= 11 is 0. The van der Waals surface area contributed by atoms with Gasteiger partial charge in [-0.25, -0.2) is 0 Å². The summed E-state index contributed by atoms with van der Waals surface area (Å²) in [7, 11) is 0. The van der Waals surface area contributed by atoms with E-state index in [0.717, 1.165) is 92.9 Å². The lowest BCUT2D eigenvalue weighted by Crippen LogP contribution is -2.21. The molecule has 8 N–H and O–H groups in total. The summed E-state index contributed by atoms with van der Waals surface area (Å²) in [4.78, 5) is 46.0. The van der Waals surface area contributed by atoms with Crippen LogP contribution in [-0.4, -0.2) is 23.6 Å². The number of nitrogens with two attached hydrogens (primary N) is 4. The molecule has 0 unspecified atom stereocenters. The number of benzene rings is 2. The molecular formula is C28H36N4O4. The van der Waals surface area contributed by atoms with Gasteiger partial charge in [-0.2, -0.15) is 0 Å². The SMILES string of the molecule is NC(=O)c1ccc(C(N)=O)c2c1CCCCCC2.NC(=O)c1ccc2c(C(N)=O)c1CCCCCC2. The quantitative estimate of drug-likeness (QED) is 0.514. The number of carbonyl (C=O) groups is 4. The van der Waals surface area contributed by atoms with Gasteiger partial charge in [0.05, 0.1) is 0 Å². The lowest BCUT2D eigenvalue weighted by Gasteiger charge is -2.18. The van der Waals surface area contributed by atoms with E-state index in [1.165, 1.54) is 0 Å². The molecule has 0 aliphatic heterocycles. The van der Waals surface area contributed by atoms with Crippen LogP contribution in [0.3, 0.4) is 0 Å². The van der Waals surface area contributed by atoms with Gasteiger partial charge in [0.1, 0.15) is 0 Å². The highest BCUT2D eigenvalue weighted by Crippen LogP contribution is 2.27. The Morgan fingerprint density at radius 2 is 0.806 bits per heavy atom. The summed E-state index contributed by atoms with van der Waals surface area (Å²) in [6.07, 6.45) is 11.7. The van der Waals surface area contributed by atoms with Crippen molar-refractivity contribution in [2.45, 2.75) is 77.0 Å². The Morgan fingerprint density at radius 1 is 0.444 bits per heavy atom. The number of fused-ring (bicyclic) bond motifs is 3. The molecule has 4 rings (SSSR count). The van der Waals surface area contributed by atoms with Crippen LogP contribution in [0.4, 0.5) is 0 Å². The zero-order chi connectivity index (χ0) is 26.2. The molecule has 4 amide bonds. The third kappa shape index (κ3) is 6.30. The van der Waals surface area contributed by atoms with E-state index in [1.54, 1.807) is 18.2 Å². The first-order valence-corrected chi connectivity index (χ1v) is 12.7. The molecule has 8 heteroatoms. The standard InChI is InChI=1S/2C14H18N2O2/c15-13(17)11-7-8-12(14(16)18)10-6-4-2-1-3-5-9(10)11;15-13(17)11-8-7-9-5-3-1-2-4-6-10(11)12(9)14(16)18/h2*7-8H,1-6H2,(H2,15,17)(H2,16,18). The zero-order valence-electron chi connectivity index (χ0n) is 20.7. The van der Waals surface area contributed by atoms with Gasteiger partial charge in [-0.1, -0.05) is 31.7 Å². The number of aryl methyl sites for hydroxylation is 1. The van der Waals surface area contributed by atoms with Crippen LogP contribution in [0.1, 0.15) is 115 Å². The fourth-order valence-electron chi connectivity index (χ4n) is 5.36. The summed E-state index contributed by atoms with van der Waals surface area (Å²) in [6, 6.07) is 6.80. The summed E-state index contributed by atoms with van der Waals surface area (Å²) < 4.78 is 0. The van der Waals surface area contributed by atoms with Gasteiger partial charge in [-0.05, 0) is 91.8 Å². The van der Waals surface area contributed by atoms with Gasteiger partial charge in [0.25, 0.3) is 0 Å². The lowest BCUT2D eigenvalue weighted by atomic mass is 9.86. The van der Waals surface area contributed by atoms with Gasteiger partial charge in [-0.3, -0.25) is 19.2 Å². The molecule has 0 aromatic heterocycles. The monoisotopic (exact) mass is 492 g/mol. The second-order valence-corrected chi connectivity index (χ2v) is 9.53. The van der Waals surface area contributed by atoms with Gasteiger partial charge in [0.2, 0.25) is 23.6 Å². The molecule has 2 aliphatic rings. The molecule has 0 fully saturated rings. The number of rotatable bonds is 4. The number of amides is 4. The van der Waals surface area contributed by atoms with Gasteiger partial charge in [0, 0.05) is 22.3 Å². The van der Waals surface area contributed by atoms with Crippen LogP contribution in [-0.2, 0) is 25.7 Å². The second kappa shape index (κ2) is 12.3. The first-order chi connectivity index (χ1) is 17.2. The Labute approximate surface area is 211 Å². The third-order valence-corrected chi connectivity index (χ3v) is 7.10. The molecule has 2 aromatic carbocycles. The van der Waals surface area contributed by atoms with Crippen LogP contribution < -0.4 is 22.9 Å². The van der Waals surface area contributed by atoms with Gasteiger partial charge in [0.15, 0.2) is 0 Å². The Hall–Kier alpha value is -3.68. The van der Waals surface area contributed by atoms with E-state index >= 15 is 0 Å². The normalized spacial score (nSPS) is 15.3. The first-order valence-electron chi connectivity index (χ1n) is 12.7. The van der Waals surface area contributed by atoms with E-state index in [1.807, 2.05) is 6.07 Å². The molecule has 0 saturated carbocycles. The fourth-order valence-corrected chi connectivity index (χ4v) is 5.36. The number of carbonyl (C=O) groups excluding carboxylic acids is 4. The molecule has 0 radical (unpaired) electrons. The van der Waals surface area contributed by atoms with Crippen molar-refractivity contribution in [1.29, 1.82) is 0 Å². The van der Waals surface area contributed by atoms with Crippen LogP contribution in [0.5, 0.6) is 0 Å². The second-order valence-electron chi connectivity index (χ2n) is 9.53. The van der Waals surface area contributed by atoms with Crippen molar-refractivity contribution in [2.24, 2.45) is 22.9 Å². The highest BCUT2D eigenvalue weighted by molar-refractivity contribution is 6.02. The van der Waals surface area contributed by atoms with Gasteiger partial charge >= 0.3 is 0 Å². The molecule has 0 saturated heterocycles. The maximum atomic E-state index is 11.7. The predicted molar refractivity (Wildman–Crippen MR) is 139 cm³/mol. The Balaban J connectivity index is 0.000000201. The zero-order valence-corrected chi connectivity index (χ0v) is 20.7. The highest BCUT2D eigenvalue weighted by Gasteiger charge is 2.21. The molecular weight excluding hydrogens is 456 g/mol. The predicted octanol–water partition coefficient (Wildman–Crippen LogP) is 3.09. The molecule has 2 bridgehead atoms. The summed E-state index contributed by atoms with van der Waals surface area (Å²) in [6.45, 7) is 0. The largest absolute Gasteiger partial charge is 0.366 e. The van der Waals surface area contributed by atoms with Crippen LogP contribution in [0.15, 0.2) is 24.3 Å². The summed E-state index contributed by atoms with van der Waals surface area (Å²) in [5, 5.41) is 0. The number of hydrogen-bond acceptors (Lipinski definition) is 4. The molecule has 2 aromatic rings. The fraction of sp³-hybridized carbons (Fsp3) is 0.429. The number of primary amides is 4. The van der Waals surface area contributed by atoms with Crippen molar-refractivity contribution in [1.82, 2.24) is 0 Å². The van der Waals surface area contributed by atoms with Crippen molar-refractivity contribution in [3.63, 3.8) is 0 Å². The van der Waals surface area contributed by atoms with Crippen LogP contribution in [0.25, 0.3) is 0 Å². The Morgan fingerprint density at radius 3 is 1.22 bits per heavy atom. The third-order valence-electron chi connectivity index (χ3n) is 7.10. The van der Waals surface area contributed by atoms with E-state index in [0.29, 0.717) is 28.7 Å². The van der Waals surface area contributed by atoms with Crippen molar-refractivity contribution < 1.29 is 19.2 Å². The van der Waals surface area contributed by atoms with E-state index in [9.17, 15) is 19.2 Å². The maximum absolute atomic E-state index is 11.7. The maximum Gasteiger partial charge on any atom is 0.249 e. The van der Waals surface area contributed by atoms with E-state index in [4.69, 9.17) is 22.9 Å². The molecule has 0 heterocycles. The van der Waals surface area contributed by atoms with Crippen LogP contribution in [0.2, 0.25) is 0 Å². The highest BCUT2D eigenvalue weighted by atomic mass is 16.2. The number of hydrogen-bond donors (Lipinski definition) is 4. The summed E-state index contributed by atoms with van der Waals surface area (Å²) in [5.74, 6) is -1.80. The average Bonchev–Trinajstić information content (AvgIpc) is 2.87. The van der Waals surface area contributed by atoms with Crippen molar-refractivity contribution in [3.8, 4) is 0 Å². The summed E-state index contributed by atoms with van der Waals surface area (Å²) in [5.41, 5.74) is 27.2. The smallest absolute Gasteiger partial charge is 0.249 e. The molecule has 0 spiro atoms. The Bertz CT molecular complexity index is 1130. The lowest BCUT2D eigenvalue weighted by molar-refractivity contribution is 0.0986. The van der Waals surface area contributed by atoms with Gasteiger partial charge < -0.3 is 22.9 Å². The van der Waals surface area contributed by atoms with Crippen LogP contribution in [0, 0.1) is 0 Å².